The largest absolute Gasteiger partial charge is 0.483 e. The number of amides is 2. The summed E-state index contributed by atoms with van der Waals surface area (Å²) in [7, 11) is 1.67. The molecule has 0 aromatic heterocycles. The quantitative estimate of drug-likeness (QED) is 0.851. The van der Waals surface area contributed by atoms with Gasteiger partial charge in [-0.05, 0) is 30.9 Å². The lowest BCUT2D eigenvalue weighted by atomic mass is 9.98. The molecule has 2 rings (SSSR count). The molecule has 1 aromatic carbocycles. The SMILES string of the molecule is COCC1CCCN(C(=O)c2ccccc2OCC(N)=O)C1. The number of ether oxygens (including phenoxy) is 2. The summed E-state index contributed by atoms with van der Waals surface area (Å²) in [6, 6.07) is 6.92. The lowest BCUT2D eigenvalue weighted by Crippen LogP contribution is -2.41. The third kappa shape index (κ3) is 4.21. The summed E-state index contributed by atoms with van der Waals surface area (Å²) in [4.78, 5) is 25.4. The summed E-state index contributed by atoms with van der Waals surface area (Å²) in [6.45, 7) is 1.82. The highest BCUT2D eigenvalue weighted by atomic mass is 16.5. The highest BCUT2D eigenvalue weighted by Crippen LogP contribution is 2.23. The van der Waals surface area contributed by atoms with Crippen molar-refractivity contribution < 1.29 is 19.1 Å². The Morgan fingerprint density at radius 2 is 2.14 bits per heavy atom. The van der Waals surface area contributed by atoms with Crippen LogP contribution in [0.4, 0.5) is 0 Å². The van der Waals surface area contributed by atoms with Crippen molar-refractivity contribution >= 4 is 11.8 Å². The van der Waals surface area contributed by atoms with Crippen molar-refractivity contribution in [1.29, 1.82) is 0 Å². The standard InChI is InChI=1S/C16H22N2O4/c1-21-10-12-5-4-8-18(9-12)16(20)13-6-2-3-7-14(13)22-11-15(17)19/h2-3,6-7,12H,4-5,8-11H2,1H3,(H2,17,19). The number of methoxy groups -OCH3 is 1. The van der Waals surface area contributed by atoms with Gasteiger partial charge < -0.3 is 20.1 Å². The van der Waals surface area contributed by atoms with Crippen molar-refractivity contribution in [3.8, 4) is 5.75 Å². The molecule has 6 nitrogen and oxygen atoms in total. The van der Waals surface area contributed by atoms with Crippen LogP contribution in [0.2, 0.25) is 0 Å². The molecule has 0 saturated carbocycles. The molecule has 0 radical (unpaired) electrons. The molecule has 2 amide bonds. The molecule has 0 aliphatic carbocycles. The maximum Gasteiger partial charge on any atom is 0.257 e. The average Bonchev–Trinajstić information content (AvgIpc) is 2.53. The topological polar surface area (TPSA) is 81.9 Å². The van der Waals surface area contributed by atoms with Crippen LogP contribution < -0.4 is 10.5 Å². The van der Waals surface area contributed by atoms with Gasteiger partial charge in [-0.2, -0.15) is 0 Å². The Morgan fingerprint density at radius 1 is 1.36 bits per heavy atom. The number of rotatable bonds is 6. The van der Waals surface area contributed by atoms with Gasteiger partial charge >= 0.3 is 0 Å². The first-order valence-electron chi connectivity index (χ1n) is 7.40. The number of primary amides is 1. The van der Waals surface area contributed by atoms with E-state index in [0.717, 1.165) is 19.4 Å². The normalized spacial score (nSPS) is 18.0. The van der Waals surface area contributed by atoms with E-state index >= 15 is 0 Å². The number of hydrogen-bond donors (Lipinski definition) is 1. The van der Waals surface area contributed by atoms with Crippen molar-refractivity contribution in [3.05, 3.63) is 29.8 Å². The summed E-state index contributed by atoms with van der Waals surface area (Å²) >= 11 is 0. The third-order valence-electron chi connectivity index (χ3n) is 3.70. The van der Waals surface area contributed by atoms with Crippen LogP contribution in [0.5, 0.6) is 5.75 Å². The molecule has 6 heteroatoms. The third-order valence-corrected chi connectivity index (χ3v) is 3.70. The van der Waals surface area contributed by atoms with E-state index in [9.17, 15) is 9.59 Å². The fourth-order valence-electron chi connectivity index (χ4n) is 2.71. The number of nitrogens with zero attached hydrogens (tertiary/aromatic N) is 1. The van der Waals surface area contributed by atoms with Crippen molar-refractivity contribution in [2.24, 2.45) is 11.7 Å². The minimum Gasteiger partial charge on any atom is -0.483 e. The number of carbonyl (C=O) groups is 2. The minimum absolute atomic E-state index is 0.0825. The summed E-state index contributed by atoms with van der Waals surface area (Å²) in [5.41, 5.74) is 5.55. The van der Waals surface area contributed by atoms with Gasteiger partial charge in [0.1, 0.15) is 5.75 Å². The lowest BCUT2D eigenvalue weighted by Gasteiger charge is -2.32. The molecular formula is C16H22N2O4. The lowest BCUT2D eigenvalue weighted by molar-refractivity contribution is -0.119. The van der Waals surface area contributed by atoms with E-state index in [1.54, 1.807) is 31.4 Å². The first kappa shape index (κ1) is 16.3. The highest BCUT2D eigenvalue weighted by Gasteiger charge is 2.26. The number of para-hydroxylation sites is 1. The summed E-state index contributed by atoms with van der Waals surface area (Å²) in [6.07, 6.45) is 2.03. The van der Waals surface area contributed by atoms with Gasteiger partial charge in [0.25, 0.3) is 11.8 Å². The van der Waals surface area contributed by atoms with Crippen LogP contribution >= 0.6 is 0 Å². The van der Waals surface area contributed by atoms with Gasteiger partial charge in [0.15, 0.2) is 6.61 Å². The molecule has 120 valence electrons. The van der Waals surface area contributed by atoms with Crippen LogP contribution in [0.1, 0.15) is 23.2 Å². The highest BCUT2D eigenvalue weighted by molar-refractivity contribution is 5.97. The molecule has 22 heavy (non-hydrogen) atoms. The zero-order chi connectivity index (χ0) is 15.9. The van der Waals surface area contributed by atoms with E-state index in [0.29, 0.717) is 30.4 Å². The van der Waals surface area contributed by atoms with E-state index < -0.39 is 5.91 Å². The molecule has 1 fully saturated rings. The van der Waals surface area contributed by atoms with E-state index in [-0.39, 0.29) is 12.5 Å². The van der Waals surface area contributed by atoms with Crippen LogP contribution in [-0.2, 0) is 9.53 Å². The molecule has 1 unspecified atom stereocenters. The van der Waals surface area contributed by atoms with E-state index in [1.165, 1.54) is 0 Å². The monoisotopic (exact) mass is 306 g/mol. The van der Waals surface area contributed by atoms with E-state index in [4.69, 9.17) is 15.2 Å². The van der Waals surface area contributed by atoms with Crippen LogP contribution in [0.25, 0.3) is 0 Å². The first-order valence-corrected chi connectivity index (χ1v) is 7.40. The molecule has 1 aromatic rings. The fourth-order valence-corrected chi connectivity index (χ4v) is 2.71. The maximum absolute atomic E-state index is 12.7. The van der Waals surface area contributed by atoms with Crippen molar-refractivity contribution in [1.82, 2.24) is 4.90 Å². The summed E-state index contributed by atoms with van der Waals surface area (Å²) < 4.78 is 10.5. The Balaban J connectivity index is 2.09. The van der Waals surface area contributed by atoms with Gasteiger partial charge in [0, 0.05) is 20.2 Å². The molecule has 0 spiro atoms. The first-order chi connectivity index (χ1) is 10.6. The van der Waals surface area contributed by atoms with Crippen molar-refractivity contribution in [3.63, 3.8) is 0 Å². The Labute approximate surface area is 130 Å². The average molecular weight is 306 g/mol. The predicted molar refractivity (Wildman–Crippen MR) is 81.6 cm³/mol. The van der Waals surface area contributed by atoms with Crippen LogP contribution in [0.15, 0.2) is 24.3 Å². The Morgan fingerprint density at radius 3 is 2.86 bits per heavy atom. The van der Waals surface area contributed by atoms with Crippen LogP contribution in [-0.4, -0.2) is 50.1 Å². The zero-order valence-corrected chi connectivity index (χ0v) is 12.8. The number of nitrogens with two attached hydrogens (primary N) is 1. The minimum atomic E-state index is -0.569. The van der Waals surface area contributed by atoms with Gasteiger partial charge in [-0.25, -0.2) is 0 Å². The Hall–Kier alpha value is -2.08. The second-order valence-electron chi connectivity index (χ2n) is 5.47. The fraction of sp³-hybridized carbons (Fsp3) is 0.500. The van der Waals surface area contributed by atoms with Gasteiger partial charge in [-0.15, -0.1) is 0 Å². The number of hydrogen-bond acceptors (Lipinski definition) is 4. The molecule has 1 aliphatic heterocycles. The number of benzene rings is 1. The number of piperidine rings is 1. The number of likely N-dealkylation sites (tertiary alicyclic amines) is 1. The second-order valence-corrected chi connectivity index (χ2v) is 5.47. The summed E-state index contributed by atoms with van der Waals surface area (Å²) in [5, 5.41) is 0. The van der Waals surface area contributed by atoms with Crippen molar-refractivity contribution in [2.45, 2.75) is 12.8 Å². The van der Waals surface area contributed by atoms with Crippen molar-refractivity contribution in [2.75, 3.05) is 33.4 Å². The maximum atomic E-state index is 12.7. The van der Waals surface area contributed by atoms with E-state index in [2.05, 4.69) is 0 Å². The second kappa shape index (κ2) is 7.79. The van der Waals surface area contributed by atoms with Gasteiger partial charge in [0.05, 0.1) is 12.2 Å². The van der Waals surface area contributed by atoms with Crippen LogP contribution in [0.3, 0.4) is 0 Å². The molecule has 1 aliphatic rings. The van der Waals surface area contributed by atoms with Gasteiger partial charge in [-0.1, -0.05) is 12.1 Å². The van der Waals surface area contributed by atoms with E-state index in [1.807, 2.05) is 4.90 Å². The van der Waals surface area contributed by atoms with Crippen LogP contribution in [0, 0.1) is 5.92 Å². The summed E-state index contributed by atoms with van der Waals surface area (Å²) in [5.74, 6) is 0.0998. The predicted octanol–water partition coefficient (Wildman–Crippen LogP) is 1.05. The Kier molecular flexibility index (Phi) is 5.77. The van der Waals surface area contributed by atoms with Gasteiger partial charge in [0.2, 0.25) is 0 Å². The zero-order valence-electron chi connectivity index (χ0n) is 12.8. The molecular weight excluding hydrogens is 284 g/mol. The van der Waals surface area contributed by atoms with Gasteiger partial charge in [-0.3, -0.25) is 9.59 Å². The molecule has 2 N–H and O–H groups in total. The molecule has 0 bridgehead atoms. The number of carbonyl (C=O) groups excluding carboxylic acids is 2. The smallest absolute Gasteiger partial charge is 0.257 e. The molecule has 1 heterocycles. The molecule has 1 atom stereocenters. The Bertz CT molecular complexity index is 531. The molecule has 1 saturated heterocycles.